The average molecular weight is 427 g/mol. The van der Waals surface area contributed by atoms with Gasteiger partial charge in [0.1, 0.15) is 18.1 Å². The van der Waals surface area contributed by atoms with E-state index in [2.05, 4.69) is 18.7 Å². The first kappa shape index (κ1) is 22.3. The molecule has 152 valence electrons. The number of ether oxygens (including phenoxy) is 2. The second-order valence-electron chi connectivity index (χ2n) is 6.05. The molecule has 0 fully saturated rings. The summed E-state index contributed by atoms with van der Waals surface area (Å²) in [7, 11) is 0. The number of nitrogens with zero attached hydrogens (tertiary/aromatic N) is 1. The predicted molar refractivity (Wildman–Crippen MR) is 110 cm³/mol. The number of amides is 1. The van der Waals surface area contributed by atoms with Gasteiger partial charge in [-0.25, -0.2) is 5.48 Å². The highest BCUT2D eigenvalue weighted by atomic mass is 35.5. The molecule has 0 saturated heterocycles. The van der Waals surface area contributed by atoms with E-state index in [-0.39, 0.29) is 16.5 Å². The molecule has 0 aliphatic carbocycles. The molecule has 0 unspecified atom stereocenters. The standard InChI is InChI=1S/C20H24Cl2N2O4/c1-3-24(4-2)9-10-27-15-5-7-16(8-6-15)28-20-17(21)11-14(12-18(20)22)13-19(25)23-26/h5-8,11-12,26H,3-4,9-10,13H2,1-2H3,(H,23,25). The van der Waals surface area contributed by atoms with E-state index in [0.29, 0.717) is 23.7 Å². The summed E-state index contributed by atoms with van der Waals surface area (Å²) in [6, 6.07) is 10.3. The molecule has 0 spiro atoms. The molecule has 8 heteroatoms. The van der Waals surface area contributed by atoms with Gasteiger partial charge in [-0.1, -0.05) is 37.0 Å². The third kappa shape index (κ3) is 6.56. The molecule has 2 rings (SSSR count). The summed E-state index contributed by atoms with van der Waals surface area (Å²) in [5.41, 5.74) is 2.13. The van der Waals surface area contributed by atoms with E-state index in [0.717, 1.165) is 25.4 Å². The van der Waals surface area contributed by atoms with Crippen molar-refractivity contribution in [2.24, 2.45) is 0 Å². The van der Waals surface area contributed by atoms with Crippen LogP contribution in [0.3, 0.4) is 0 Å². The number of carbonyl (C=O) groups is 1. The van der Waals surface area contributed by atoms with Crippen LogP contribution in [0, 0.1) is 0 Å². The molecule has 2 aromatic carbocycles. The molecule has 0 atom stereocenters. The number of halogens is 2. The molecule has 2 aromatic rings. The van der Waals surface area contributed by atoms with Crippen LogP contribution in [-0.2, 0) is 11.2 Å². The Morgan fingerprint density at radius 3 is 2.18 bits per heavy atom. The Labute approximate surface area is 174 Å². The second-order valence-corrected chi connectivity index (χ2v) is 6.86. The average Bonchev–Trinajstić information content (AvgIpc) is 2.69. The van der Waals surface area contributed by atoms with Crippen LogP contribution < -0.4 is 15.0 Å². The Hall–Kier alpha value is -1.99. The lowest BCUT2D eigenvalue weighted by atomic mass is 10.1. The van der Waals surface area contributed by atoms with Gasteiger partial charge in [-0.3, -0.25) is 10.0 Å². The van der Waals surface area contributed by atoms with E-state index in [4.69, 9.17) is 37.9 Å². The maximum absolute atomic E-state index is 11.3. The maximum Gasteiger partial charge on any atom is 0.247 e. The third-order valence-electron chi connectivity index (χ3n) is 4.16. The summed E-state index contributed by atoms with van der Waals surface area (Å²) in [6.45, 7) is 7.73. The van der Waals surface area contributed by atoms with Crippen LogP contribution in [0.25, 0.3) is 0 Å². The monoisotopic (exact) mass is 426 g/mol. The summed E-state index contributed by atoms with van der Waals surface area (Å²) in [5.74, 6) is 1.05. The van der Waals surface area contributed by atoms with Gasteiger partial charge in [-0.15, -0.1) is 0 Å². The number of benzene rings is 2. The van der Waals surface area contributed by atoms with Gasteiger partial charge >= 0.3 is 0 Å². The van der Waals surface area contributed by atoms with E-state index in [1.165, 1.54) is 0 Å². The number of likely N-dealkylation sites (N-methyl/N-ethyl adjacent to an activating group) is 1. The van der Waals surface area contributed by atoms with Gasteiger partial charge in [0.05, 0.1) is 16.5 Å². The second kappa shape index (κ2) is 11.1. The van der Waals surface area contributed by atoms with Crippen molar-refractivity contribution in [3.05, 3.63) is 52.0 Å². The first-order chi connectivity index (χ1) is 13.5. The van der Waals surface area contributed by atoms with E-state index < -0.39 is 5.91 Å². The Balaban J connectivity index is 1.99. The lowest BCUT2D eigenvalue weighted by molar-refractivity contribution is -0.128. The van der Waals surface area contributed by atoms with Crippen molar-refractivity contribution in [1.82, 2.24) is 10.4 Å². The molecule has 0 heterocycles. The minimum atomic E-state index is -0.558. The summed E-state index contributed by atoms with van der Waals surface area (Å²) in [6.07, 6.45) is -0.0459. The van der Waals surface area contributed by atoms with Gasteiger partial charge in [0.15, 0.2) is 5.75 Å². The number of hydrogen-bond donors (Lipinski definition) is 2. The molecular formula is C20H24Cl2N2O4. The van der Waals surface area contributed by atoms with Crippen molar-refractivity contribution in [3.63, 3.8) is 0 Å². The van der Waals surface area contributed by atoms with Gasteiger partial charge in [0, 0.05) is 6.54 Å². The quantitative estimate of drug-likeness (QED) is 0.430. The normalized spacial score (nSPS) is 10.8. The van der Waals surface area contributed by atoms with Crippen molar-refractivity contribution < 1.29 is 19.5 Å². The molecule has 0 radical (unpaired) electrons. The molecule has 0 aliphatic heterocycles. The van der Waals surface area contributed by atoms with Crippen LogP contribution in [0.5, 0.6) is 17.2 Å². The van der Waals surface area contributed by atoms with E-state index in [9.17, 15) is 4.79 Å². The Kier molecular flexibility index (Phi) is 8.86. The summed E-state index contributed by atoms with van der Waals surface area (Å²) < 4.78 is 11.5. The van der Waals surface area contributed by atoms with Crippen LogP contribution in [0.15, 0.2) is 36.4 Å². The summed E-state index contributed by atoms with van der Waals surface area (Å²) in [4.78, 5) is 13.6. The number of carbonyl (C=O) groups excluding carboxylic acids is 1. The molecule has 28 heavy (non-hydrogen) atoms. The fraction of sp³-hybridized carbons (Fsp3) is 0.350. The van der Waals surface area contributed by atoms with Gasteiger partial charge in [0.2, 0.25) is 5.91 Å². The minimum absolute atomic E-state index is 0.0459. The highest BCUT2D eigenvalue weighted by Gasteiger charge is 2.13. The van der Waals surface area contributed by atoms with E-state index >= 15 is 0 Å². The fourth-order valence-electron chi connectivity index (χ4n) is 2.59. The van der Waals surface area contributed by atoms with Crippen LogP contribution in [0.4, 0.5) is 0 Å². The Bertz CT molecular complexity index is 757. The minimum Gasteiger partial charge on any atom is -0.492 e. The van der Waals surface area contributed by atoms with Gasteiger partial charge in [-0.2, -0.15) is 0 Å². The lowest BCUT2D eigenvalue weighted by Crippen LogP contribution is -2.27. The van der Waals surface area contributed by atoms with Crippen LogP contribution in [0.1, 0.15) is 19.4 Å². The molecule has 6 nitrogen and oxygen atoms in total. The third-order valence-corrected chi connectivity index (χ3v) is 4.72. The molecule has 0 bridgehead atoms. The first-order valence-electron chi connectivity index (χ1n) is 9.00. The molecular weight excluding hydrogens is 403 g/mol. The van der Waals surface area contributed by atoms with Crippen LogP contribution in [0.2, 0.25) is 10.0 Å². The lowest BCUT2D eigenvalue weighted by Gasteiger charge is -2.18. The predicted octanol–water partition coefficient (Wildman–Crippen LogP) is 4.55. The molecule has 0 saturated carbocycles. The maximum atomic E-state index is 11.3. The Morgan fingerprint density at radius 1 is 1.07 bits per heavy atom. The molecule has 2 N–H and O–H groups in total. The van der Waals surface area contributed by atoms with Gasteiger partial charge in [-0.05, 0) is 55.1 Å². The topological polar surface area (TPSA) is 71.0 Å². The Morgan fingerprint density at radius 2 is 1.64 bits per heavy atom. The first-order valence-corrected chi connectivity index (χ1v) is 9.76. The number of nitrogens with one attached hydrogen (secondary N) is 1. The molecule has 1 amide bonds. The zero-order valence-corrected chi connectivity index (χ0v) is 17.4. The zero-order valence-electron chi connectivity index (χ0n) is 15.9. The van der Waals surface area contributed by atoms with Crippen molar-refractivity contribution in [3.8, 4) is 17.2 Å². The number of hydrogen-bond acceptors (Lipinski definition) is 5. The zero-order chi connectivity index (χ0) is 20.5. The van der Waals surface area contributed by atoms with Crippen molar-refractivity contribution in [1.29, 1.82) is 0 Å². The van der Waals surface area contributed by atoms with E-state index in [1.807, 2.05) is 12.1 Å². The van der Waals surface area contributed by atoms with Crippen molar-refractivity contribution >= 4 is 29.1 Å². The van der Waals surface area contributed by atoms with Gasteiger partial charge < -0.3 is 14.4 Å². The highest BCUT2D eigenvalue weighted by molar-refractivity contribution is 6.37. The van der Waals surface area contributed by atoms with E-state index in [1.54, 1.807) is 29.7 Å². The summed E-state index contributed by atoms with van der Waals surface area (Å²) >= 11 is 12.5. The van der Waals surface area contributed by atoms with Crippen LogP contribution in [-0.4, -0.2) is 42.3 Å². The number of rotatable bonds is 10. The van der Waals surface area contributed by atoms with Gasteiger partial charge in [0.25, 0.3) is 0 Å². The summed E-state index contributed by atoms with van der Waals surface area (Å²) in [5, 5.41) is 9.15. The molecule has 0 aromatic heterocycles. The largest absolute Gasteiger partial charge is 0.492 e. The van der Waals surface area contributed by atoms with Crippen molar-refractivity contribution in [2.45, 2.75) is 20.3 Å². The smallest absolute Gasteiger partial charge is 0.247 e. The van der Waals surface area contributed by atoms with Crippen LogP contribution >= 0.6 is 23.2 Å². The highest BCUT2D eigenvalue weighted by Crippen LogP contribution is 2.37. The molecule has 0 aliphatic rings. The number of hydroxylamine groups is 1. The fourth-order valence-corrected chi connectivity index (χ4v) is 3.20. The SMILES string of the molecule is CCN(CC)CCOc1ccc(Oc2c(Cl)cc(CC(=O)NO)cc2Cl)cc1. The van der Waals surface area contributed by atoms with Crippen molar-refractivity contribution in [2.75, 3.05) is 26.2 Å².